The van der Waals surface area contributed by atoms with Gasteiger partial charge in [-0.3, -0.25) is 0 Å². The second-order valence-electron chi connectivity index (χ2n) is 6.42. The fourth-order valence-corrected chi connectivity index (χ4v) is 1.95. The Morgan fingerprint density at radius 1 is 0.708 bits per heavy atom. The molecule has 0 bridgehead atoms. The van der Waals surface area contributed by atoms with E-state index in [1.54, 1.807) is 6.92 Å². The van der Waals surface area contributed by atoms with Crippen molar-refractivity contribution >= 4 is 7.82 Å². The number of rotatable bonds is 9. The van der Waals surface area contributed by atoms with Crippen LogP contribution in [0.4, 0.5) is 0 Å². The van der Waals surface area contributed by atoms with Gasteiger partial charge < -0.3 is 27.8 Å². The van der Waals surface area contributed by atoms with Crippen molar-refractivity contribution in [2.24, 2.45) is 0 Å². The second kappa shape index (κ2) is 15.3. The van der Waals surface area contributed by atoms with Crippen LogP contribution in [0.2, 0.25) is 0 Å². The van der Waals surface area contributed by atoms with E-state index >= 15 is 0 Å². The van der Waals surface area contributed by atoms with Gasteiger partial charge >= 0.3 is 0 Å². The first kappa shape index (κ1) is 28.8. The Kier molecular flexibility index (Phi) is 18.4. The van der Waals surface area contributed by atoms with Gasteiger partial charge in [0.2, 0.25) is 0 Å². The minimum atomic E-state index is -4.68. The molecular formula is C17H43N2O4P. The zero-order chi connectivity index (χ0) is 19.9. The Labute approximate surface area is 151 Å². The number of phosphoric ester groups is 1. The van der Waals surface area contributed by atoms with E-state index in [9.17, 15) is 14.4 Å². The first-order chi connectivity index (χ1) is 10.9. The molecule has 0 saturated heterocycles. The lowest BCUT2D eigenvalue weighted by Crippen LogP contribution is -2.42. The molecule has 0 aromatic rings. The zero-order valence-electron chi connectivity index (χ0n) is 17.6. The maximum atomic E-state index is 9.64. The van der Waals surface area contributed by atoms with E-state index in [0.29, 0.717) is 6.42 Å². The fourth-order valence-electron chi connectivity index (χ4n) is 1.54. The third-order valence-electron chi connectivity index (χ3n) is 5.03. The predicted octanol–water partition coefficient (Wildman–Crippen LogP) is 2.23. The maximum Gasteiger partial charge on any atom is 0.0755 e. The summed E-state index contributed by atoms with van der Waals surface area (Å²) in [5.41, 5.74) is 0. The van der Waals surface area contributed by atoms with Crippen LogP contribution in [-0.4, -0.2) is 68.9 Å². The molecule has 0 radical (unpaired) electrons. The molecule has 6 nitrogen and oxygen atoms in total. The Balaban J connectivity index is -0.000000276. The van der Waals surface area contributed by atoms with Crippen molar-refractivity contribution in [3.63, 3.8) is 0 Å². The molecule has 0 aliphatic rings. The molecule has 0 unspecified atom stereocenters. The molecule has 0 heterocycles. The minimum absolute atomic E-state index is 0.00965. The molecule has 0 rings (SSSR count). The van der Waals surface area contributed by atoms with Gasteiger partial charge in [-0.15, -0.1) is 0 Å². The summed E-state index contributed by atoms with van der Waals surface area (Å²) in [7, 11) is -0.0989. The average molecular weight is 371 g/mol. The van der Waals surface area contributed by atoms with Crippen LogP contribution < -0.4 is 9.79 Å². The SMILES string of the molecule is CCCOP(=O)([O-])[O-].CC[N+](C)(CC)CC.CC[N+](C)(CC)CC. The van der Waals surface area contributed by atoms with Gasteiger partial charge in [-0.2, -0.15) is 0 Å². The van der Waals surface area contributed by atoms with Crippen LogP contribution in [0, 0.1) is 0 Å². The minimum Gasteiger partial charge on any atom is -0.790 e. The van der Waals surface area contributed by atoms with Gasteiger partial charge in [0.15, 0.2) is 0 Å². The van der Waals surface area contributed by atoms with Crippen molar-refractivity contribution in [3.05, 3.63) is 0 Å². The van der Waals surface area contributed by atoms with Gasteiger partial charge in [0.05, 0.1) is 67.8 Å². The molecule has 0 amide bonds. The summed E-state index contributed by atoms with van der Waals surface area (Å²) in [6, 6.07) is 0. The van der Waals surface area contributed by atoms with Crippen molar-refractivity contribution in [2.45, 2.75) is 54.9 Å². The highest BCUT2D eigenvalue weighted by Crippen LogP contribution is 2.23. The van der Waals surface area contributed by atoms with Crippen LogP contribution in [0.15, 0.2) is 0 Å². The summed E-state index contributed by atoms with van der Waals surface area (Å²) >= 11 is 0. The largest absolute Gasteiger partial charge is 0.790 e. The van der Waals surface area contributed by atoms with Gasteiger partial charge in [-0.05, 0) is 48.0 Å². The highest BCUT2D eigenvalue weighted by Gasteiger charge is 2.11. The predicted molar refractivity (Wildman–Crippen MR) is 99.5 cm³/mol. The molecule has 150 valence electrons. The van der Waals surface area contributed by atoms with Crippen molar-refractivity contribution in [1.82, 2.24) is 0 Å². The van der Waals surface area contributed by atoms with Crippen molar-refractivity contribution in [1.29, 1.82) is 0 Å². The van der Waals surface area contributed by atoms with Crippen LogP contribution in [0.25, 0.3) is 0 Å². The molecule has 0 spiro atoms. The first-order valence-electron chi connectivity index (χ1n) is 9.26. The van der Waals surface area contributed by atoms with E-state index in [-0.39, 0.29) is 6.61 Å². The first-order valence-corrected chi connectivity index (χ1v) is 10.7. The van der Waals surface area contributed by atoms with Crippen LogP contribution >= 0.6 is 7.82 Å². The Hall–Kier alpha value is 0.0300. The summed E-state index contributed by atoms with van der Waals surface area (Å²) in [5, 5.41) is 0. The molecule has 0 aromatic carbocycles. The summed E-state index contributed by atoms with van der Waals surface area (Å²) in [6.07, 6.45) is 0.536. The monoisotopic (exact) mass is 370 g/mol. The van der Waals surface area contributed by atoms with E-state index < -0.39 is 7.82 Å². The average Bonchev–Trinajstić information content (AvgIpc) is 2.59. The molecule has 7 heteroatoms. The number of nitrogens with zero attached hydrogens (tertiary/aromatic N) is 2. The Morgan fingerprint density at radius 2 is 0.958 bits per heavy atom. The number of hydrogen-bond donors (Lipinski definition) is 0. The molecule has 0 N–H and O–H groups in total. The van der Waals surface area contributed by atoms with E-state index in [1.807, 2.05) is 0 Å². The smallest absolute Gasteiger partial charge is 0.0755 e. The molecular weight excluding hydrogens is 327 g/mol. The lowest BCUT2D eigenvalue weighted by molar-refractivity contribution is -0.904. The number of quaternary nitrogens is 2. The van der Waals surface area contributed by atoms with Gasteiger partial charge in [-0.1, -0.05) is 6.92 Å². The van der Waals surface area contributed by atoms with E-state index in [1.165, 1.54) is 48.2 Å². The molecule has 0 saturated carbocycles. The lowest BCUT2D eigenvalue weighted by Gasteiger charge is -2.30. The zero-order valence-corrected chi connectivity index (χ0v) is 18.5. The Morgan fingerprint density at radius 3 is 1.00 bits per heavy atom. The molecule has 0 aromatic heterocycles. The third kappa shape index (κ3) is 18.4. The van der Waals surface area contributed by atoms with E-state index in [4.69, 9.17) is 0 Å². The molecule has 0 atom stereocenters. The van der Waals surface area contributed by atoms with Gasteiger partial charge in [0, 0.05) is 0 Å². The van der Waals surface area contributed by atoms with Crippen LogP contribution in [-0.2, 0) is 9.09 Å². The van der Waals surface area contributed by atoms with E-state index in [2.05, 4.69) is 60.2 Å². The van der Waals surface area contributed by atoms with Crippen LogP contribution in [0.1, 0.15) is 54.9 Å². The van der Waals surface area contributed by atoms with Gasteiger partial charge in [-0.25, -0.2) is 0 Å². The third-order valence-corrected chi connectivity index (χ3v) is 5.53. The van der Waals surface area contributed by atoms with Crippen LogP contribution in [0.3, 0.4) is 0 Å². The summed E-state index contributed by atoms with van der Waals surface area (Å²) in [4.78, 5) is 19.3. The quantitative estimate of drug-likeness (QED) is 0.461. The maximum absolute atomic E-state index is 9.64. The van der Waals surface area contributed by atoms with Gasteiger partial charge in [0.1, 0.15) is 0 Å². The standard InChI is InChI=1S/2C7H18N.C3H9O4P/c2*1-5-8(4,6-2)7-3;1-2-3-7-8(4,5)6/h2*5-7H2,1-4H3;2-3H2,1H3,(H2,4,5,6)/q2*+1;/p-2. The van der Waals surface area contributed by atoms with Crippen LogP contribution in [0.5, 0.6) is 0 Å². The Bertz CT molecular complexity index is 279. The van der Waals surface area contributed by atoms with Crippen molar-refractivity contribution in [2.75, 3.05) is 60.0 Å². The fraction of sp³-hybridized carbons (Fsp3) is 1.00. The summed E-state index contributed by atoms with van der Waals surface area (Å²) in [5.74, 6) is 0. The van der Waals surface area contributed by atoms with Crippen molar-refractivity contribution in [3.8, 4) is 0 Å². The summed E-state index contributed by atoms with van der Waals surface area (Å²) < 4.78 is 15.9. The van der Waals surface area contributed by atoms with E-state index in [0.717, 1.165) is 0 Å². The molecule has 0 aliphatic carbocycles. The summed E-state index contributed by atoms with van der Waals surface area (Å²) in [6.45, 7) is 22.7. The molecule has 0 aliphatic heterocycles. The highest BCUT2D eigenvalue weighted by molar-refractivity contribution is 7.43. The second-order valence-corrected chi connectivity index (χ2v) is 7.57. The lowest BCUT2D eigenvalue weighted by atomic mass is 10.4. The highest BCUT2D eigenvalue weighted by atomic mass is 31.2. The van der Waals surface area contributed by atoms with Crippen molar-refractivity contribution < 1.29 is 27.8 Å². The topological polar surface area (TPSA) is 72.4 Å². The molecule has 24 heavy (non-hydrogen) atoms. The molecule has 0 fully saturated rings. The number of phosphoric acid groups is 1. The van der Waals surface area contributed by atoms with Gasteiger partial charge in [0.25, 0.3) is 0 Å². The number of hydrogen-bond acceptors (Lipinski definition) is 4. The normalized spacial score (nSPS) is 12.0.